The molecule has 1 atom stereocenters. The normalized spacial score (nSPS) is 12.5. The number of hydrogen-bond acceptors (Lipinski definition) is 4. The van der Waals surface area contributed by atoms with Crippen molar-refractivity contribution < 1.29 is 0 Å². The van der Waals surface area contributed by atoms with E-state index in [4.69, 9.17) is 5.26 Å². The van der Waals surface area contributed by atoms with Gasteiger partial charge in [0.1, 0.15) is 0 Å². The SMILES string of the molecule is CC(C#N)CSc1nnc2ccccn12. The maximum absolute atomic E-state index is 8.67. The highest BCUT2D eigenvalue weighted by atomic mass is 32.2. The first-order valence-electron chi connectivity index (χ1n) is 4.63. The fourth-order valence-corrected chi connectivity index (χ4v) is 2.02. The Morgan fingerprint density at radius 2 is 2.40 bits per heavy atom. The summed E-state index contributed by atoms with van der Waals surface area (Å²) in [5.74, 6) is 0.776. The van der Waals surface area contributed by atoms with E-state index >= 15 is 0 Å². The van der Waals surface area contributed by atoms with Crippen molar-refractivity contribution in [2.24, 2.45) is 5.92 Å². The number of nitrogens with zero attached hydrogens (tertiary/aromatic N) is 4. The molecule has 0 bridgehead atoms. The van der Waals surface area contributed by atoms with Crippen LogP contribution in [-0.4, -0.2) is 20.4 Å². The van der Waals surface area contributed by atoms with Crippen LogP contribution in [0.5, 0.6) is 0 Å². The molecule has 0 aromatic carbocycles. The van der Waals surface area contributed by atoms with Gasteiger partial charge in [-0.15, -0.1) is 10.2 Å². The predicted molar refractivity (Wildman–Crippen MR) is 58.5 cm³/mol. The first kappa shape index (κ1) is 9.99. The van der Waals surface area contributed by atoms with Crippen LogP contribution in [0.3, 0.4) is 0 Å². The van der Waals surface area contributed by atoms with Gasteiger partial charge in [0.15, 0.2) is 10.8 Å². The Morgan fingerprint density at radius 3 is 3.20 bits per heavy atom. The molecular weight excluding hydrogens is 208 g/mol. The van der Waals surface area contributed by atoms with E-state index in [9.17, 15) is 0 Å². The molecule has 0 radical (unpaired) electrons. The zero-order chi connectivity index (χ0) is 10.7. The van der Waals surface area contributed by atoms with Gasteiger partial charge in [0, 0.05) is 11.9 Å². The lowest BCUT2D eigenvalue weighted by Crippen LogP contribution is -1.95. The third kappa shape index (κ3) is 2.10. The number of rotatable bonds is 3. The predicted octanol–water partition coefficient (Wildman–Crippen LogP) is 1.98. The molecular formula is C10H10N4S. The molecule has 4 nitrogen and oxygen atoms in total. The average Bonchev–Trinajstić information content (AvgIpc) is 2.69. The Hall–Kier alpha value is -1.54. The molecule has 2 aromatic heterocycles. The molecule has 0 saturated heterocycles. The molecule has 2 heterocycles. The van der Waals surface area contributed by atoms with Crippen LogP contribution in [0.2, 0.25) is 0 Å². The molecule has 2 rings (SSSR count). The molecule has 0 saturated carbocycles. The summed E-state index contributed by atoms with van der Waals surface area (Å²) in [4.78, 5) is 0. The first-order chi connectivity index (χ1) is 7.31. The summed E-state index contributed by atoms with van der Waals surface area (Å²) in [6, 6.07) is 7.97. The van der Waals surface area contributed by atoms with Crippen LogP contribution in [0.25, 0.3) is 5.65 Å². The Balaban J connectivity index is 2.19. The van der Waals surface area contributed by atoms with Crippen LogP contribution in [0.4, 0.5) is 0 Å². The van der Waals surface area contributed by atoms with Crippen LogP contribution in [-0.2, 0) is 0 Å². The molecule has 0 aliphatic heterocycles. The maximum Gasteiger partial charge on any atom is 0.195 e. The van der Waals surface area contributed by atoms with Crippen molar-refractivity contribution in [3.8, 4) is 6.07 Å². The maximum atomic E-state index is 8.67. The molecule has 76 valence electrons. The van der Waals surface area contributed by atoms with Crippen LogP contribution < -0.4 is 0 Å². The van der Waals surface area contributed by atoms with E-state index in [1.54, 1.807) is 11.8 Å². The molecule has 0 amide bonds. The van der Waals surface area contributed by atoms with Crippen molar-refractivity contribution in [1.82, 2.24) is 14.6 Å². The highest BCUT2D eigenvalue weighted by molar-refractivity contribution is 7.99. The smallest absolute Gasteiger partial charge is 0.195 e. The molecule has 0 N–H and O–H groups in total. The molecule has 0 aliphatic rings. The van der Waals surface area contributed by atoms with Crippen molar-refractivity contribution in [2.45, 2.75) is 12.1 Å². The molecule has 0 fully saturated rings. The average molecular weight is 218 g/mol. The lowest BCUT2D eigenvalue weighted by atomic mass is 10.3. The van der Waals surface area contributed by atoms with E-state index in [1.807, 2.05) is 35.7 Å². The summed E-state index contributed by atoms with van der Waals surface area (Å²) in [6.45, 7) is 1.90. The monoisotopic (exact) mass is 218 g/mol. The molecule has 0 spiro atoms. The zero-order valence-electron chi connectivity index (χ0n) is 8.29. The fraction of sp³-hybridized carbons (Fsp3) is 0.300. The second-order valence-corrected chi connectivity index (χ2v) is 4.24. The van der Waals surface area contributed by atoms with Gasteiger partial charge in [-0.3, -0.25) is 4.40 Å². The molecule has 1 unspecified atom stereocenters. The fourth-order valence-electron chi connectivity index (χ4n) is 1.15. The number of nitriles is 1. The summed E-state index contributed by atoms with van der Waals surface area (Å²) in [5, 5.41) is 17.6. The Morgan fingerprint density at radius 1 is 1.53 bits per heavy atom. The molecule has 5 heteroatoms. The molecule has 15 heavy (non-hydrogen) atoms. The highest BCUT2D eigenvalue weighted by Crippen LogP contribution is 2.18. The summed E-state index contributed by atoms with van der Waals surface area (Å²) >= 11 is 1.56. The van der Waals surface area contributed by atoms with Crippen LogP contribution >= 0.6 is 11.8 Å². The van der Waals surface area contributed by atoms with E-state index in [0.29, 0.717) is 0 Å². The number of fused-ring (bicyclic) bond motifs is 1. The minimum atomic E-state index is 0.0334. The van der Waals surface area contributed by atoms with Crippen LogP contribution in [0, 0.1) is 17.2 Å². The highest BCUT2D eigenvalue weighted by Gasteiger charge is 2.07. The van der Waals surface area contributed by atoms with E-state index in [1.165, 1.54) is 0 Å². The first-order valence-corrected chi connectivity index (χ1v) is 5.62. The summed E-state index contributed by atoms with van der Waals surface area (Å²) < 4.78 is 1.93. The Kier molecular flexibility index (Phi) is 2.88. The third-order valence-electron chi connectivity index (χ3n) is 1.97. The Bertz CT molecular complexity index is 499. The summed E-state index contributed by atoms with van der Waals surface area (Å²) in [5.41, 5.74) is 0.838. The molecule has 2 aromatic rings. The van der Waals surface area contributed by atoms with Gasteiger partial charge in [0.25, 0.3) is 0 Å². The van der Waals surface area contributed by atoms with Crippen molar-refractivity contribution in [3.05, 3.63) is 24.4 Å². The molecule has 0 aliphatic carbocycles. The van der Waals surface area contributed by atoms with Gasteiger partial charge >= 0.3 is 0 Å². The van der Waals surface area contributed by atoms with Crippen molar-refractivity contribution in [3.63, 3.8) is 0 Å². The van der Waals surface area contributed by atoms with Gasteiger partial charge in [-0.1, -0.05) is 17.8 Å². The number of pyridine rings is 1. The van der Waals surface area contributed by atoms with Gasteiger partial charge in [-0.2, -0.15) is 5.26 Å². The minimum Gasteiger partial charge on any atom is -0.277 e. The van der Waals surface area contributed by atoms with E-state index in [2.05, 4.69) is 16.3 Å². The quantitative estimate of drug-likeness (QED) is 0.739. The van der Waals surface area contributed by atoms with Gasteiger partial charge < -0.3 is 0 Å². The number of thioether (sulfide) groups is 1. The lowest BCUT2D eigenvalue weighted by Gasteiger charge is -2.00. The largest absolute Gasteiger partial charge is 0.277 e. The van der Waals surface area contributed by atoms with Gasteiger partial charge in [-0.05, 0) is 19.1 Å². The standard InChI is InChI=1S/C10H10N4S/c1-8(6-11)7-15-10-13-12-9-4-2-3-5-14(9)10/h2-5,8H,7H2,1H3. The second kappa shape index (κ2) is 4.32. The Labute approximate surface area is 91.9 Å². The van der Waals surface area contributed by atoms with Crippen molar-refractivity contribution in [1.29, 1.82) is 5.26 Å². The third-order valence-corrected chi connectivity index (χ3v) is 3.17. The number of aromatic nitrogens is 3. The number of hydrogen-bond donors (Lipinski definition) is 0. The van der Waals surface area contributed by atoms with E-state index < -0.39 is 0 Å². The van der Waals surface area contributed by atoms with Crippen molar-refractivity contribution >= 4 is 17.4 Å². The van der Waals surface area contributed by atoms with Gasteiger partial charge in [0.2, 0.25) is 0 Å². The summed E-state index contributed by atoms with van der Waals surface area (Å²) in [7, 11) is 0. The van der Waals surface area contributed by atoms with Crippen LogP contribution in [0.1, 0.15) is 6.92 Å². The zero-order valence-corrected chi connectivity index (χ0v) is 9.11. The second-order valence-electron chi connectivity index (χ2n) is 3.25. The van der Waals surface area contributed by atoms with Crippen LogP contribution in [0.15, 0.2) is 29.6 Å². The topological polar surface area (TPSA) is 54.0 Å². The van der Waals surface area contributed by atoms with E-state index in [0.717, 1.165) is 16.6 Å². The minimum absolute atomic E-state index is 0.0334. The van der Waals surface area contributed by atoms with Gasteiger partial charge in [0.05, 0.1) is 12.0 Å². The summed E-state index contributed by atoms with van der Waals surface area (Å²) in [6.07, 6.45) is 1.93. The lowest BCUT2D eigenvalue weighted by molar-refractivity contribution is 0.851. The van der Waals surface area contributed by atoms with Gasteiger partial charge in [-0.25, -0.2) is 0 Å². The van der Waals surface area contributed by atoms with Crippen molar-refractivity contribution in [2.75, 3.05) is 5.75 Å². The van der Waals surface area contributed by atoms with E-state index in [-0.39, 0.29) is 5.92 Å².